The largest absolute Gasteiger partial charge is 0.431 e. The van der Waals surface area contributed by atoms with E-state index in [-0.39, 0.29) is 0 Å². The fourth-order valence-electron chi connectivity index (χ4n) is 1.59. The van der Waals surface area contributed by atoms with Gasteiger partial charge in [0.25, 0.3) is 5.22 Å². The number of nitrogens with two attached hydrogens (primary N) is 1. The number of benzene rings is 1. The molecule has 2 aromatic rings. The smallest absolute Gasteiger partial charge is 0.256 e. The molecule has 2 N–H and O–H groups in total. The van der Waals surface area contributed by atoms with Gasteiger partial charge in [0.15, 0.2) is 5.58 Å². The van der Waals surface area contributed by atoms with E-state index in [1.165, 1.54) is 0 Å². The lowest BCUT2D eigenvalue weighted by Crippen LogP contribution is -2.02. The van der Waals surface area contributed by atoms with Crippen LogP contribution < -0.4 is 5.73 Å². The molecule has 0 unspecified atom stereocenters. The Labute approximate surface area is 117 Å². The summed E-state index contributed by atoms with van der Waals surface area (Å²) in [6.07, 6.45) is 1.10. The average molecular weight is 280 g/mol. The quantitative estimate of drug-likeness (QED) is 0.477. The molecule has 1 heterocycles. The van der Waals surface area contributed by atoms with Crippen molar-refractivity contribution in [3.63, 3.8) is 0 Å². The number of fused-ring (bicyclic) bond motifs is 1. The highest BCUT2D eigenvalue weighted by Gasteiger charge is 2.06. The molecule has 4 nitrogen and oxygen atoms in total. The van der Waals surface area contributed by atoms with Gasteiger partial charge in [-0.2, -0.15) is 0 Å². The number of anilines is 1. The van der Waals surface area contributed by atoms with Crippen molar-refractivity contribution in [1.82, 2.24) is 4.98 Å². The third-order valence-electron chi connectivity index (χ3n) is 2.68. The highest BCUT2D eigenvalue weighted by molar-refractivity contribution is 7.99. The third-order valence-corrected chi connectivity index (χ3v) is 3.48. The van der Waals surface area contributed by atoms with Crippen molar-refractivity contribution < 1.29 is 9.15 Å². The second-order valence-electron chi connectivity index (χ2n) is 4.85. The Morgan fingerprint density at radius 2 is 2.21 bits per heavy atom. The first-order valence-electron chi connectivity index (χ1n) is 6.52. The van der Waals surface area contributed by atoms with Gasteiger partial charge in [0.1, 0.15) is 5.52 Å². The van der Waals surface area contributed by atoms with Gasteiger partial charge in [-0.3, -0.25) is 0 Å². The molecule has 0 aliphatic heterocycles. The number of rotatable bonds is 7. The van der Waals surface area contributed by atoms with E-state index in [1.807, 2.05) is 18.2 Å². The summed E-state index contributed by atoms with van der Waals surface area (Å²) in [5, 5.41) is 0.674. The zero-order valence-corrected chi connectivity index (χ0v) is 12.2. The Hall–Kier alpha value is -1.20. The number of hydrogen-bond acceptors (Lipinski definition) is 5. The van der Waals surface area contributed by atoms with Gasteiger partial charge in [-0.05, 0) is 30.5 Å². The molecular formula is C14H20N2O2S. The normalized spacial score (nSPS) is 11.5. The standard InChI is InChI=1S/C14H20N2O2S/c1-10(2)5-6-17-7-8-19-14-16-12-9-11(15)3-4-13(12)18-14/h3-4,9-10H,5-8,15H2,1-2H3. The van der Waals surface area contributed by atoms with Crippen molar-refractivity contribution in [2.75, 3.05) is 24.7 Å². The number of hydrogen-bond donors (Lipinski definition) is 1. The highest BCUT2D eigenvalue weighted by Crippen LogP contribution is 2.24. The monoisotopic (exact) mass is 280 g/mol. The van der Waals surface area contributed by atoms with E-state index in [9.17, 15) is 0 Å². The minimum Gasteiger partial charge on any atom is -0.431 e. The predicted octanol–water partition coefficient (Wildman–Crippen LogP) is 3.56. The van der Waals surface area contributed by atoms with Gasteiger partial charge >= 0.3 is 0 Å². The molecule has 0 saturated carbocycles. The third kappa shape index (κ3) is 4.44. The summed E-state index contributed by atoms with van der Waals surface area (Å²) in [6.45, 7) is 5.94. The van der Waals surface area contributed by atoms with Crippen LogP contribution in [-0.2, 0) is 4.74 Å². The fraction of sp³-hybridized carbons (Fsp3) is 0.500. The molecule has 0 aliphatic carbocycles. The van der Waals surface area contributed by atoms with Crippen LogP contribution in [0.2, 0.25) is 0 Å². The molecule has 0 radical (unpaired) electrons. The molecule has 0 fully saturated rings. The van der Waals surface area contributed by atoms with Crippen LogP contribution in [-0.4, -0.2) is 24.0 Å². The number of aromatic nitrogens is 1. The minimum atomic E-state index is 0.674. The molecule has 0 amide bonds. The summed E-state index contributed by atoms with van der Waals surface area (Å²) < 4.78 is 11.2. The number of ether oxygens (including phenoxy) is 1. The van der Waals surface area contributed by atoms with Crippen LogP contribution in [0.4, 0.5) is 5.69 Å². The van der Waals surface area contributed by atoms with Crippen molar-refractivity contribution in [2.45, 2.75) is 25.5 Å². The molecule has 2 rings (SSSR count). The number of thioether (sulfide) groups is 1. The van der Waals surface area contributed by atoms with Gasteiger partial charge in [0.2, 0.25) is 0 Å². The van der Waals surface area contributed by atoms with Crippen molar-refractivity contribution >= 4 is 28.5 Å². The van der Waals surface area contributed by atoms with Crippen molar-refractivity contribution in [2.24, 2.45) is 5.92 Å². The highest BCUT2D eigenvalue weighted by atomic mass is 32.2. The Kier molecular flexibility index (Phi) is 5.10. The van der Waals surface area contributed by atoms with Crippen LogP contribution in [0.5, 0.6) is 0 Å². The summed E-state index contributed by atoms with van der Waals surface area (Å²) in [4.78, 5) is 4.38. The van der Waals surface area contributed by atoms with Gasteiger partial charge in [0, 0.05) is 18.0 Å². The zero-order valence-electron chi connectivity index (χ0n) is 11.4. The second kappa shape index (κ2) is 6.82. The zero-order chi connectivity index (χ0) is 13.7. The second-order valence-corrected chi connectivity index (χ2v) is 5.90. The number of nitrogen functional groups attached to an aromatic ring is 1. The number of nitrogens with zero attached hydrogens (tertiary/aromatic N) is 1. The summed E-state index contributed by atoms with van der Waals surface area (Å²) in [5.74, 6) is 1.54. The first-order chi connectivity index (χ1) is 9.15. The van der Waals surface area contributed by atoms with Gasteiger partial charge < -0.3 is 14.9 Å². The predicted molar refractivity (Wildman–Crippen MR) is 79.4 cm³/mol. The lowest BCUT2D eigenvalue weighted by atomic mass is 10.1. The molecular weight excluding hydrogens is 260 g/mol. The summed E-state index contributed by atoms with van der Waals surface area (Å²) in [5.41, 5.74) is 7.99. The van der Waals surface area contributed by atoms with E-state index in [4.69, 9.17) is 14.9 Å². The van der Waals surface area contributed by atoms with E-state index in [2.05, 4.69) is 18.8 Å². The van der Waals surface area contributed by atoms with Gasteiger partial charge in [-0.25, -0.2) is 4.98 Å². The molecule has 0 saturated heterocycles. The van der Waals surface area contributed by atoms with E-state index in [0.29, 0.717) is 16.8 Å². The molecule has 0 atom stereocenters. The van der Waals surface area contributed by atoms with E-state index in [0.717, 1.165) is 36.5 Å². The molecule has 1 aromatic carbocycles. The molecule has 1 aromatic heterocycles. The van der Waals surface area contributed by atoms with Gasteiger partial charge in [-0.15, -0.1) is 0 Å². The Morgan fingerprint density at radius 3 is 3.00 bits per heavy atom. The summed E-state index contributed by atoms with van der Waals surface area (Å²) >= 11 is 1.57. The molecule has 0 bridgehead atoms. The maximum Gasteiger partial charge on any atom is 0.256 e. The molecule has 19 heavy (non-hydrogen) atoms. The first-order valence-corrected chi connectivity index (χ1v) is 7.50. The lowest BCUT2D eigenvalue weighted by Gasteiger charge is -2.04. The Bertz CT molecular complexity index is 525. The topological polar surface area (TPSA) is 61.3 Å². The van der Waals surface area contributed by atoms with E-state index >= 15 is 0 Å². The average Bonchev–Trinajstić information content (AvgIpc) is 2.75. The molecule has 0 aliphatic rings. The van der Waals surface area contributed by atoms with E-state index in [1.54, 1.807) is 11.8 Å². The SMILES string of the molecule is CC(C)CCOCCSc1nc2cc(N)ccc2o1. The van der Waals surface area contributed by atoms with Crippen molar-refractivity contribution in [1.29, 1.82) is 0 Å². The lowest BCUT2D eigenvalue weighted by molar-refractivity contribution is 0.138. The van der Waals surface area contributed by atoms with Crippen LogP contribution in [0.1, 0.15) is 20.3 Å². The van der Waals surface area contributed by atoms with E-state index < -0.39 is 0 Å². The maximum atomic E-state index is 5.70. The van der Waals surface area contributed by atoms with Crippen LogP contribution in [0, 0.1) is 5.92 Å². The number of oxazole rings is 1. The van der Waals surface area contributed by atoms with Crippen LogP contribution in [0.15, 0.2) is 27.8 Å². The first kappa shape index (κ1) is 14.2. The fourth-order valence-corrected chi connectivity index (χ4v) is 2.28. The molecule has 0 spiro atoms. The summed E-state index contributed by atoms with van der Waals surface area (Å²) in [6, 6.07) is 5.49. The Balaban J connectivity index is 1.75. The van der Waals surface area contributed by atoms with Crippen molar-refractivity contribution in [3.05, 3.63) is 18.2 Å². The molecule has 104 valence electrons. The maximum absolute atomic E-state index is 5.70. The van der Waals surface area contributed by atoms with Crippen molar-refractivity contribution in [3.8, 4) is 0 Å². The minimum absolute atomic E-state index is 0.674. The van der Waals surface area contributed by atoms with Gasteiger partial charge in [0.05, 0.1) is 6.61 Å². The van der Waals surface area contributed by atoms with Gasteiger partial charge in [-0.1, -0.05) is 25.6 Å². The van der Waals surface area contributed by atoms with Crippen LogP contribution >= 0.6 is 11.8 Å². The van der Waals surface area contributed by atoms with Crippen LogP contribution in [0.3, 0.4) is 0 Å². The summed E-state index contributed by atoms with van der Waals surface area (Å²) in [7, 11) is 0. The van der Waals surface area contributed by atoms with Crippen LogP contribution in [0.25, 0.3) is 11.1 Å². The molecule has 5 heteroatoms. The Morgan fingerprint density at radius 1 is 1.37 bits per heavy atom.